The van der Waals surface area contributed by atoms with Crippen LogP contribution in [0.3, 0.4) is 0 Å². The lowest BCUT2D eigenvalue weighted by atomic mass is 9.94. The molecule has 0 saturated carbocycles. The highest BCUT2D eigenvalue weighted by molar-refractivity contribution is 7.15. The number of aromatic nitrogens is 1. The number of carbonyl (C=O) groups is 2. The SMILES string of the molecule is CCOC(=O)CNC(=O)N1Cc2c(sc3c2CCCC3)-n2cccc2[C@H]1c1ccc(C(C)C)cc1. The summed E-state index contributed by atoms with van der Waals surface area (Å²) in [6, 6.07) is 12.2. The number of carbonyl (C=O) groups excluding carboxylic acids is 2. The summed E-state index contributed by atoms with van der Waals surface area (Å²) >= 11 is 1.87. The van der Waals surface area contributed by atoms with Crippen LogP contribution in [-0.2, 0) is 28.9 Å². The van der Waals surface area contributed by atoms with E-state index in [1.165, 1.54) is 39.4 Å². The van der Waals surface area contributed by atoms with Gasteiger partial charge in [0.05, 0.1) is 24.9 Å². The fraction of sp³-hybridized carbons (Fsp3) is 0.429. The summed E-state index contributed by atoms with van der Waals surface area (Å²) in [5, 5.41) is 4.05. The van der Waals surface area contributed by atoms with Crippen molar-refractivity contribution in [1.82, 2.24) is 14.8 Å². The highest BCUT2D eigenvalue weighted by Gasteiger charge is 2.36. The molecule has 0 unspecified atom stereocenters. The van der Waals surface area contributed by atoms with E-state index in [1.807, 2.05) is 16.2 Å². The van der Waals surface area contributed by atoms with E-state index >= 15 is 0 Å². The van der Waals surface area contributed by atoms with E-state index < -0.39 is 5.97 Å². The van der Waals surface area contributed by atoms with Gasteiger partial charge in [0.25, 0.3) is 0 Å². The van der Waals surface area contributed by atoms with Crippen molar-refractivity contribution in [3.63, 3.8) is 0 Å². The Bertz CT molecular complexity index is 1220. The van der Waals surface area contributed by atoms with Gasteiger partial charge in [-0.25, -0.2) is 4.79 Å². The minimum Gasteiger partial charge on any atom is -0.465 e. The molecule has 6 nitrogen and oxygen atoms in total. The number of ether oxygens (including phenoxy) is 1. The fourth-order valence-electron chi connectivity index (χ4n) is 5.26. The van der Waals surface area contributed by atoms with Gasteiger partial charge in [0.15, 0.2) is 0 Å². The maximum atomic E-state index is 13.7. The second kappa shape index (κ2) is 9.90. The van der Waals surface area contributed by atoms with Gasteiger partial charge in [0.1, 0.15) is 11.5 Å². The Morgan fingerprint density at radius 1 is 1.11 bits per heavy atom. The van der Waals surface area contributed by atoms with Gasteiger partial charge in [0.2, 0.25) is 0 Å². The van der Waals surface area contributed by atoms with Crippen LogP contribution in [0.4, 0.5) is 4.79 Å². The molecule has 5 rings (SSSR count). The molecule has 7 heteroatoms. The fourth-order valence-corrected chi connectivity index (χ4v) is 6.67. The van der Waals surface area contributed by atoms with Crippen molar-refractivity contribution < 1.29 is 14.3 Å². The molecule has 184 valence electrons. The number of esters is 1. The molecule has 0 saturated heterocycles. The number of benzene rings is 1. The Morgan fingerprint density at radius 3 is 2.63 bits per heavy atom. The first-order chi connectivity index (χ1) is 17.0. The molecule has 3 aromatic rings. The highest BCUT2D eigenvalue weighted by Crippen LogP contribution is 2.44. The Balaban J connectivity index is 1.59. The third-order valence-electron chi connectivity index (χ3n) is 7.05. The molecular formula is C28H33N3O3S. The van der Waals surface area contributed by atoms with E-state index in [9.17, 15) is 9.59 Å². The number of hydrogen-bond donors (Lipinski definition) is 1. The molecule has 2 aromatic heterocycles. The maximum Gasteiger partial charge on any atom is 0.325 e. The Labute approximate surface area is 210 Å². The van der Waals surface area contributed by atoms with Crippen LogP contribution in [0.25, 0.3) is 5.00 Å². The van der Waals surface area contributed by atoms with Gasteiger partial charge in [-0.3, -0.25) is 4.79 Å². The summed E-state index contributed by atoms with van der Waals surface area (Å²) in [7, 11) is 0. The molecule has 1 aliphatic carbocycles. The van der Waals surface area contributed by atoms with Crippen LogP contribution in [0, 0.1) is 0 Å². The molecule has 3 heterocycles. The average molecular weight is 492 g/mol. The van der Waals surface area contributed by atoms with E-state index in [1.54, 1.807) is 6.92 Å². The van der Waals surface area contributed by atoms with Crippen molar-refractivity contribution in [3.8, 4) is 5.00 Å². The van der Waals surface area contributed by atoms with Crippen LogP contribution in [0.15, 0.2) is 42.6 Å². The van der Waals surface area contributed by atoms with Gasteiger partial charge in [0, 0.05) is 16.6 Å². The van der Waals surface area contributed by atoms with Gasteiger partial charge in [-0.1, -0.05) is 38.1 Å². The number of rotatable bonds is 5. The summed E-state index contributed by atoms with van der Waals surface area (Å²) in [5.41, 5.74) is 6.05. The van der Waals surface area contributed by atoms with E-state index in [2.05, 4.69) is 66.3 Å². The molecule has 0 spiro atoms. The van der Waals surface area contributed by atoms with Crippen LogP contribution in [-0.4, -0.2) is 34.6 Å². The number of aryl methyl sites for hydroxylation is 1. The Hall–Kier alpha value is -3.06. The number of hydrogen-bond acceptors (Lipinski definition) is 4. The minimum atomic E-state index is -0.425. The minimum absolute atomic E-state index is 0.141. The predicted molar refractivity (Wildman–Crippen MR) is 138 cm³/mol. The van der Waals surface area contributed by atoms with Gasteiger partial charge in [-0.2, -0.15) is 0 Å². The normalized spacial score (nSPS) is 16.8. The van der Waals surface area contributed by atoms with Crippen molar-refractivity contribution in [3.05, 3.63) is 75.4 Å². The lowest BCUT2D eigenvalue weighted by Gasteiger charge is -2.31. The van der Waals surface area contributed by atoms with Crippen LogP contribution in [0.2, 0.25) is 0 Å². The summed E-state index contributed by atoms with van der Waals surface area (Å²) in [5.74, 6) is 0.00929. The number of nitrogens with zero attached hydrogens (tertiary/aromatic N) is 2. The van der Waals surface area contributed by atoms with Crippen molar-refractivity contribution in [2.45, 2.75) is 65.0 Å². The first kappa shape index (κ1) is 23.7. The van der Waals surface area contributed by atoms with Crippen molar-refractivity contribution in [1.29, 1.82) is 0 Å². The second-order valence-electron chi connectivity index (χ2n) is 9.61. The molecule has 2 amide bonds. The van der Waals surface area contributed by atoms with E-state index in [0.717, 1.165) is 24.1 Å². The standard InChI is InChI=1S/C28H33N3O3S/c1-4-34-25(32)16-29-28(33)31-17-22-21-8-5-6-10-24(21)35-27(22)30-15-7-9-23(30)26(31)20-13-11-19(12-14-20)18(2)3/h7,9,11-15,18,26H,4-6,8,10,16-17H2,1-3H3,(H,29,33)/t26-/m1/s1. The summed E-state index contributed by atoms with van der Waals surface area (Å²) in [6.45, 7) is 6.79. The first-order valence-electron chi connectivity index (χ1n) is 12.6. The monoisotopic (exact) mass is 491 g/mol. The predicted octanol–water partition coefficient (Wildman–Crippen LogP) is 5.72. The third kappa shape index (κ3) is 4.49. The highest BCUT2D eigenvalue weighted by atomic mass is 32.1. The van der Waals surface area contributed by atoms with Gasteiger partial charge in [-0.15, -0.1) is 11.3 Å². The number of nitrogens with one attached hydrogen (secondary N) is 1. The largest absolute Gasteiger partial charge is 0.465 e. The molecule has 2 aliphatic rings. The summed E-state index contributed by atoms with van der Waals surface area (Å²) in [6.07, 6.45) is 6.69. The molecule has 0 bridgehead atoms. The quantitative estimate of drug-likeness (QED) is 0.465. The maximum absolute atomic E-state index is 13.7. The zero-order chi connectivity index (χ0) is 24.5. The number of urea groups is 1. The second-order valence-corrected chi connectivity index (χ2v) is 10.7. The lowest BCUT2D eigenvalue weighted by molar-refractivity contribution is -0.141. The summed E-state index contributed by atoms with van der Waals surface area (Å²) in [4.78, 5) is 29.0. The zero-order valence-electron chi connectivity index (χ0n) is 20.7. The van der Waals surface area contributed by atoms with Crippen molar-refractivity contribution in [2.75, 3.05) is 13.2 Å². The van der Waals surface area contributed by atoms with Crippen molar-refractivity contribution >= 4 is 23.3 Å². The Kier molecular flexibility index (Phi) is 6.69. The van der Waals surface area contributed by atoms with Crippen LogP contribution >= 0.6 is 11.3 Å². The molecule has 1 atom stereocenters. The smallest absolute Gasteiger partial charge is 0.325 e. The Morgan fingerprint density at radius 2 is 1.89 bits per heavy atom. The van der Waals surface area contributed by atoms with Gasteiger partial charge in [-0.05, 0) is 67.3 Å². The average Bonchev–Trinajstić information content (AvgIpc) is 3.45. The van der Waals surface area contributed by atoms with E-state index in [0.29, 0.717) is 19.1 Å². The van der Waals surface area contributed by atoms with Crippen molar-refractivity contribution in [2.24, 2.45) is 0 Å². The molecular weight excluding hydrogens is 458 g/mol. The van der Waals surface area contributed by atoms with Crippen LogP contribution in [0.5, 0.6) is 0 Å². The molecule has 1 aromatic carbocycles. The van der Waals surface area contributed by atoms with E-state index in [4.69, 9.17) is 4.74 Å². The topological polar surface area (TPSA) is 63.6 Å². The number of thiophene rings is 1. The van der Waals surface area contributed by atoms with Gasteiger partial charge < -0.3 is 19.5 Å². The molecule has 35 heavy (non-hydrogen) atoms. The molecule has 0 radical (unpaired) electrons. The third-order valence-corrected chi connectivity index (χ3v) is 8.38. The zero-order valence-corrected chi connectivity index (χ0v) is 21.5. The number of fused-ring (bicyclic) bond motifs is 5. The lowest BCUT2D eigenvalue weighted by Crippen LogP contribution is -2.44. The summed E-state index contributed by atoms with van der Waals surface area (Å²) < 4.78 is 7.31. The molecule has 0 fully saturated rings. The molecule has 1 N–H and O–H groups in total. The molecule has 1 aliphatic heterocycles. The first-order valence-corrected chi connectivity index (χ1v) is 13.4. The van der Waals surface area contributed by atoms with Crippen LogP contribution < -0.4 is 5.32 Å². The van der Waals surface area contributed by atoms with Gasteiger partial charge >= 0.3 is 12.0 Å². The van der Waals surface area contributed by atoms with Crippen LogP contribution in [0.1, 0.15) is 78.4 Å². The van der Waals surface area contributed by atoms with E-state index in [-0.39, 0.29) is 18.6 Å². The number of amides is 2.